The van der Waals surface area contributed by atoms with Gasteiger partial charge in [0, 0.05) is 34.4 Å². The summed E-state index contributed by atoms with van der Waals surface area (Å²) in [6.07, 6.45) is 2.22. The van der Waals surface area contributed by atoms with E-state index in [-0.39, 0.29) is 18.6 Å². The normalized spacial score (nSPS) is 13.3. The molecule has 0 atom stereocenters. The smallest absolute Gasteiger partial charge is 0.348 e. The summed E-state index contributed by atoms with van der Waals surface area (Å²) in [6.45, 7) is 0.581. The first-order valence-electron chi connectivity index (χ1n) is 13.6. The van der Waals surface area contributed by atoms with Crippen LogP contribution in [0.15, 0.2) is 96.6 Å². The summed E-state index contributed by atoms with van der Waals surface area (Å²) < 4.78 is 37.7. The van der Waals surface area contributed by atoms with Gasteiger partial charge in [-0.05, 0) is 78.6 Å². The van der Waals surface area contributed by atoms with Crippen LogP contribution >= 0.6 is 0 Å². The fraction of sp³-hybridized carbons (Fsp3) is 0.152. The number of hydrogen-bond donors (Lipinski definition) is 1. The second-order valence-electron chi connectivity index (χ2n) is 10.1. The van der Waals surface area contributed by atoms with Crippen molar-refractivity contribution in [3.8, 4) is 11.8 Å². The van der Waals surface area contributed by atoms with Crippen LogP contribution in [0, 0.1) is 11.3 Å². The molecule has 8 nitrogen and oxygen atoms in total. The third-order valence-electron chi connectivity index (χ3n) is 7.41. The highest BCUT2D eigenvalue weighted by Crippen LogP contribution is 2.39. The average Bonchev–Trinajstić information content (AvgIpc) is 3.56. The van der Waals surface area contributed by atoms with Gasteiger partial charge in [0.25, 0.3) is 10.1 Å². The van der Waals surface area contributed by atoms with Gasteiger partial charge in [0.05, 0.1) is 23.4 Å². The Kier molecular flexibility index (Phi) is 7.25. The number of carbonyl (C=O) groups excluding carboxylic acids is 1. The van der Waals surface area contributed by atoms with Crippen LogP contribution in [0.25, 0.3) is 33.6 Å². The molecule has 1 aliphatic rings. The quantitative estimate of drug-likeness (QED) is 0.0767. The maximum atomic E-state index is 12.3. The van der Waals surface area contributed by atoms with Gasteiger partial charge in [0.15, 0.2) is 0 Å². The van der Waals surface area contributed by atoms with Crippen LogP contribution in [0.3, 0.4) is 0 Å². The molecule has 0 unspecified atom stereocenters. The van der Waals surface area contributed by atoms with E-state index in [4.69, 9.17) is 9.29 Å². The van der Waals surface area contributed by atoms with Crippen molar-refractivity contribution in [1.29, 1.82) is 5.26 Å². The molecule has 0 bridgehead atoms. The Hall–Kier alpha value is -4.91. The first-order chi connectivity index (χ1) is 20.3. The zero-order valence-corrected chi connectivity index (χ0v) is 23.4. The van der Waals surface area contributed by atoms with Gasteiger partial charge >= 0.3 is 5.97 Å². The molecule has 0 saturated carbocycles. The Morgan fingerprint density at radius 2 is 1.69 bits per heavy atom. The molecule has 1 N–H and O–H groups in total. The zero-order chi connectivity index (χ0) is 29.3. The lowest BCUT2D eigenvalue weighted by Gasteiger charge is -2.20. The second-order valence-corrected chi connectivity index (χ2v) is 11.7. The Balaban J connectivity index is 1.27. The van der Waals surface area contributed by atoms with E-state index in [1.807, 2.05) is 42.5 Å². The Labute approximate surface area is 243 Å². The van der Waals surface area contributed by atoms with Crippen molar-refractivity contribution < 1.29 is 22.5 Å². The van der Waals surface area contributed by atoms with Crippen LogP contribution in [-0.4, -0.2) is 42.4 Å². The van der Waals surface area contributed by atoms with Gasteiger partial charge in [0.1, 0.15) is 11.6 Å². The number of nitrogens with zero attached hydrogens (tertiary/aromatic N) is 3. The van der Waals surface area contributed by atoms with Crippen LogP contribution in [0.1, 0.15) is 17.5 Å². The molecule has 0 saturated heterocycles. The van der Waals surface area contributed by atoms with Crippen LogP contribution < -0.4 is 4.90 Å². The summed E-state index contributed by atoms with van der Waals surface area (Å²) in [5.41, 5.74) is 7.19. The Bertz CT molecular complexity index is 2010. The van der Waals surface area contributed by atoms with Gasteiger partial charge in [-0.2, -0.15) is 13.7 Å². The molecule has 4 aromatic carbocycles. The molecule has 42 heavy (non-hydrogen) atoms. The molecule has 0 radical (unpaired) electrons. The first kappa shape index (κ1) is 27.3. The number of fused-ring (bicyclic) bond motifs is 4. The summed E-state index contributed by atoms with van der Waals surface area (Å²) in [7, 11) is -4.13. The molecular formula is C33H27N3O5S. The number of esters is 1. The third kappa shape index (κ3) is 5.38. The van der Waals surface area contributed by atoms with Crippen molar-refractivity contribution >= 4 is 55.3 Å². The van der Waals surface area contributed by atoms with Gasteiger partial charge in [0.2, 0.25) is 0 Å². The highest BCUT2D eigenvalue weighted by molar-refractivity contribution is 7.85. The summed E-state index contributed by atoms with van der Waals surface area (Å²) >= 11 is 0. The minimum atomic E-state index is -4.13. The van der Waals surface area contributed by atoms with Crippen molar-refractivity contribution in [3.63, 3.8) is 0 Å². The lowest BCUT2D eigenvalue weighted by molar-refractivity contribution is -0.138. The number of benzene rings is 4. The summed E-state index contributed by atoms with van der Waals surface area (Å²) in [5, 5.41) is 11.9. The van der Waals surface area contributed by atoms with E-state index in [2.05, 4.69) is 64.1 Å². The number of para-hydroxylation sites is 2. The molecule has 5 aromatic rings. The van der Waals surface area contributed by atoms with Gasteiger partial charge in [-0.1, -0.05) is 42.5 Å². The number of ether oxygens (including phenoxy) is 1. The molecule has 0 amide bonds. The van der Waals surface area contributed by atoms with Gasteiger partial charge in [-0.3, -0.25) is 4.55 Å². The van der Waals surface area contributed by atoms with E-state index in [0.717, 1.165) is 46.6 Å². The molecule has 0 aliphatic carbocycles. The van der Waals surface area contributed by atoms with Crippen molar-refractivity contribution in [3.05, 3.63) is 108 Å². The van der Waals surface area contributed by atoms with E-state index in [9.17, 15) is 18.5 Å². The maximum absolute atomic E-state index is 12.3. The van der Waals surface area contributed by atoms with E-state index < -0.39 is 21.8 Å². The van der Waals surface area contributed by atoms with Gasteiger partial charge in [-0.15, -0.1) is 0 Å². The number of nitriles is 1. The molecule has 9 heteroatoms. The number of aromatic nitrogens is 1. The van der Waals surface area contributed by atoms with Gasteiger partial charge < -0.3 is 14.2 Å². The van der Waals surface area contributed by atoms with Crippen LogP contribution in [0.4, 0.5) is 11.4 Å². The molecule has 6 rings (SSSR count). The van der Waals surface area contributed by atoms with Crippen molar-refractivity contribution in [1.82, 2.24) is 4.57 Å². The number of rotatable bonds is 8. The first-order valence-corrected chi connectivity index (χ1v) is 15.2. The lowest BCUT2D eigenvalue weighted by Crippen LogP contribution is -2.13. The summed E-state index contributed by atoms with van der Waals surface area (Å²) in [4.78, 5) is 14.6. The molecular weight excluding hydrogens is 550 g/mol. The predicted octanol–water partition coefficient (Wildman–Crippen LogP) is 6.21. The topological polar surface area (TPSA) is 113 Å². The largest absolute Gasteiger partial charge is 0.462 e. The maximum Gasteiger partial charge on any atom is 0.348 e. The number of carbonyl (C=O) groups is 1. The van der Waals surface area contributed by atoms with Crippen molar-refractivity contribution in [2.75, 3.05) is 23.8 Å². The minimum Gasteiger partial charge on any atom is -0.462 e. The van der Waals surface area contributed by atoms with E-state index in [1.165, 1.54) is 16.8 Å². The predicted molar refractivity (Wildman–Crippen MR) is 164 cm³/mol. The third-order valence-corrected chi connectivity index (χ3v) is 8.22. The summed E-state index contributed by atoms with van der Waals surface area (Å²) in [6, 6.07) is 33.0. The lowest BCUT2D eigenvalue weighted by atomic mass is 10.1. The van der Waals surface area contributed by atoms with Gasteiger partial charge in [-0.25, -0.2) is 4.79 Å². The van der Waals surface area contributed by atoms with Crippen LogP contribution in [0.5, 0.6) is 0 Å². The molecule has 1 aromatic heterocycles. The molecule has 2 heterocycles. The highest BCUT2D eigenvalue weighted by atomic mass is 32.2. The van der Waals surface area contributed by atoms with Crippen LogP contribution in [0.2, 0.25) is 0 Å². The van der Waals surface area contributed by atoms with E-state index in [0.29, 0.717) is 5.56 Å². The standard InChI is InChI=1S/C33H27N3O5S/c34-22-25(33(37)41-17-6-18-42(38,39)40)20-23-11-13-30-24(19-23)15-16-35(30)27-12-14-32-29(21-27)28-9-4-5-10-31(28)36(32)26-7-2-1-3-8-26/h1-5,7-14,19-21H,6,15-18H2,(H,38,39,40). The van der Waals surface area contributed by atoms with E-state index in [1.54, 1.807) is 0 Å². The second kappa shape index (κ2) is 11.2. The highest BCUT2D eigenvalue weighted by Gasteiger charge is 2.22. The van der Waals surface area contributed by atoms with Crippen molar-refractivity contribution in [2.24, 2.45) is 0 Å². The molecule has 1 aliphatic heterocycles. The Morgan fingerprint density at radius 1 is 0.929 bits per heavy atom. The molecule has 210 valence electrons. The molecule has 0 fully saturated rings. The zero-order valence-electron chi connectivity index (χ0n) is 22.6. The fourth-order valence-electron chi connectivity index (χ4n) is 5.55. The average molecular weight is 578 g/mol. The number of anilines is 2. The molecule has 0 spiro atoms. The van der Waals surface area contributed by atoms with Crippen molar-refractivity contribution in [2.45, 2.75) is 12.8 Å². The van der Waals surface area contributed by atoms with Crippen LogP contribution in [-0.2, 0) is 26.1 Å². The summed E-state index contributed by atoms with van der Waals surface area (Å²) in [5.74, 6) is -1.35. The fourth-order valence-corrected chi connectivity index (χ4v) is 6.03. The van der Waals surface area contributed by atoms with E-state index >= 15 is 0 Å². The number of hydrogen-bond acceptors (Lipinski definition) is 6. The SMILES string of the molecule is N#CC(=Cc1ccc2c(c1)CCN2c1ccc2c(c1)c1ccccc1n2-c1ccccc1)C(=O)OCCCS(=O)(=O)O. The monoisotopic (exact) mass is 577 g/mol. The minimum absolute atomic E-state index is 0.0590. The Morgan fingerprint density at radius 3 is 2.48 bits per heavy atom.